The maximum absolute atomic E-state index is 6.15. The van der Waals surface area contributed by atoms with Crippen LogP contribution in [-0.4, -0.2) is 9.97 Å². The Morgan fingerprint density at radius 1 is 0.880 bits per heavy atom. The summed E-state index contributed by atoms with van der Waals surface area (Å²) in [5.74, 6) is 1.88. The number of benzene rings is 2. The first kappa shape index (κ1) is 14.2. The molecule has 1 aliphatic carbocycles. The van der Waals surface area contributed by atoms with Gasteiger partial charge in [-0.3, -0.25) is 4.98 Å². The number of aromatic nitrogens is 2. The number of hydrogen-bond acceptors (Lipinski definition) is 3. The lowest BCUT2D eigenvalue weighted by Crippen LogP contribution is -2.11. The molecule has 3 nitrogen and oxygen atoms in total. The largest absolute Gasteiger partial charge is 0.440 e. The Hall–Kier alpha value is -3.20. The minimum atomic E-state index is 0.291. The first-order valence-electron chi connectivity index (χ1n) is 8.44. The van der Waals surface area contributed by atoms with Crippen LogP contribution in [0.5, 0.6) is 0 Å². The van der Waals surface area contributed by atoms with Crippen molar-refractivity contribution in [2.75, 3.05) is 0 Å². The van der Waals surface area contributed by atoms with Gasteiger partial charge in [0, 0.05) is 30.3 Å². The fourth-order valence-electron chi connectivity index (χ4n) is 3.61. The third kappa shape index (κ3) is 2.36. The topological polar surface area (TPSA) is 38.9 Å². The fourth-order valence-corrected chi connectivity index (χ4v) is 3.61. The average Bonchev–Trinajstić information content (AvgIpc) is 3.13. The Morgan fingerprint density at radius 2 is 1.72 bits per heavy atom. The molecule has 1 atom stereocenters. The van der Waals surface area contributed by atoms with E-state index in [1.807, 2.05) is 12.1 Å². The van der Waals surface area contributed by atoms with Gasteiger partial charge in [0.05, 0.1) is 5.56 Å². The summed E-state index contributed by atoms with van der Waals surface area (Å²) in [6.45, 7) is 0. The summed E-state index contributed by atoms with van der Waals surface area (Å²) in [5, 5.41) is 0. The maximum atomic E-state index is 6.15. The SMILES string of the molecule is c1ccc(C2Cc3oc(-c4cccnc4)nc3-c3ccccc32)cc1. The minimum Gasteiger partial charge on any atom is -0.440 e. The molecule has 0 N–H and O–H groups in total. The lowest BCUT2D eigenvalue weighted by Gasteiger charge is -2.24. The van der Waals surface area contributed by atoms with E-state index in [1.54, 1.807) is 12.4 Å². The predicted molar refractivity (Wildman–Crippen MR) is 97.2 cm³/mol. The van der Waals surface area contributed by atoms with Crippen LogP contribution in [0.15, 0.2) is 83.5 Å². The lowest BCUT2D eigenvalue weighted by molar-refractivity contribution is 0.504. The Kier molecular flexibility index (Phi) is 3.23. The Balaban J connectivity index is 1.67. The summed E-state index contributed by atoms with van der Waals surface area (Å²) in [6, 6.07) is 23.0. The van der Waals surface area contributed by atoms with Gasteiger partial charge in [-0.15, -0.1) is 0 Å². The molecule has 4 aromatic rings. The molecule has 0 fully saturated rings. The quantitative estimate of drug-likeness (QED) is 0.515. The second-order valence-corrected chi connectivity index (χ2v) is 6.29. The monoisotopic (exact) mass is 324 g/mol. The third-order valence-electron chi connectivity index (χ3n) is 4.79. The van der Waals surface area contributed by atoms with E-state index in [-0.39, 0.29) is 0 Å². The predicted octanol–water partition coefficient (Wildman–Crippen LogP) is 5.09. The molecular formula is C22H16N2O. The smallest absolute Gasteiger partial charge is 0.228 e. The van der Waals surface area contributed by atoms with Gasteiger partial charge in [-0.1, -0.05) is 54.6 Å². The number of pyridine rings is 1. The van der Waals surface area contributed by atoms with Crippen LogP contribution in [0.25, 0.3) is 22.7 Å². The Labute approximate surface area is 146 Å². The molecule has 1 aliphatic rings. The second kappa shape index (κ2) is 5.71. The molecule has 0 amide bonds. The van der Waals surface area contributed by atoms with Crippen molar-refractivity contribution in [2.45, 2.75) is 12.3 Å². The maximum Gasteiger partial charge on any atom is 0.228 e. The van der Waals surface area contributed by atoms with Crippen molar-refractivity contribution in [3.8, 4) is 22.7 Å². The molecular weight excluding hydrogens is 308 g/mol. The van der Waals surface area contributed by atoms with Crippen molar-refractivity contribution in [1.82, 2.24) is 9.97 Å². The van der Waals surface area contributed by atoms with Crippen LogP contribution in [-0.2, 0) is 6.42 Å². The van der Waals surface area contributed by atoms with Crippen molar-refractivity contribution in [3.05, 3.63) is 96.0 Å². The zero-order chi connectivity index (χ0) is 16.6. The van der Waals surface area contributed by atoms with Crippen molar-refractivity contribution in [2.24, 2.45) is 0 Å². The molecule has 3 heteroatoms. The molecule has 0 spiro atoms. The van der Waals surface area contributed by atoms with E-state index >= 15 is 0 Å². The highest BCUT2D eigenvalue weighted by atomic mass is 16.4. The highest BCUT2D eigenvalue weighted by molar-refractivity contribution is 5.72. The van der Waals surface area contributed by atoms with Gasteiger partial charge in [0.2, 0.25) is 5.89 Å². The van der Waals surface area contributed by atoms with Gasteiger partial charge < -0.3 is 4.42 Å². The normalized spacial score (nSPS) is 15.4. The molecule has 25 heavy (non-hydrogen) atoms. The zero-order valence-corrected chi connectivity index (χ0v) is 13.6. The van der Waals surface area contributed by atoms with Crippen LogP contribution in [0.4, 0.5) is 0 Å². The number of rotatable bonds is 2. The molecule has 0 saturated carbocycles. The first-order chi connectivity index (χ1) is 12.4. The van der Waals surface area contributed by atoms with Crippen LogP contribution in [0.2, 0.25) is 0 Å². The molecule has 5 rings (SSSR count). The minimum absolute atomic E-state index is 0.291. The number of nitrogens with zero attached hydrogens (tertiary/aromatic N) is 2. The van der Waals surface area contributed by atoms with Crippen molar-refractivity contribution >= 4 is 0 Å². The lowest BCUT2D eigenvalue weighted by atomic mass is 9.80. The van der Waals surface area contributed by atoms with Crippen LogP contribution in [0.1, 0.15) is 22.8 Å². The molecule has 2 aromatic heterocycles. The van der Waals surface area contributed by atoms with Gasteiger partial charge in [0.1, 0.15) is 11.5 Å². The van der Waals surface area contributed by atoms with Crippen molar-refractivity contribution in [1.29, 1.82) is 0 Å². The van der Waals surface area contributed by atoms with Gasteiger partial charge in [-0.25, -0.2) is 4.98 Å². The number of hydrogen-bond donors (Lipinski definition) is 0. The van der Waals surface area contributed by atoms with Crippen molar-refractivity contribution < 1.29 is 4.42 Å². The summed E-state index contributed by atoms with van der Waals surface area (Å²) in [7, 11) is 0. The highest BCUT2D eigenvalue weighted by Gasteiger charge is 2.30. The molecule has 2 aromatic carbocycles. The first-order valence-corrected chi connectivity index (χ1v) is 8.44. The van der Waals surface area contributed by atoms with E-state index < -0.39 is 0 Å². The molecule has 0 saturated heterocycles. The van der Waals surface area contributed by atoms with E-state index in [4.69, 9.17) is 9.40 Å². The summed E-state index contributed by atoms with van der Waals surface area (Å²) in [5.41, 5.74) is 5.65. The molecule has 0 aliphatic heterocycles. The van der Waals surface area contributed by atoms with E-state index in [9.17, 15) is 0 Å². The fraction of sp³-hybridized carbons (Fsp3) is 0.0909. The van der Waals surface area contributed by atoms with Gasteiger partial charge in [0.25, 0.3) is 0 Å². The second-order valence-electron chi connectivity index (χ2n) is 6.29. The third-order valence-corrected chi connectivity index (χ3v) is 4.79. The van der Waals surface area contributed by atoms with Gasteiger partial charge in [-0.2, -0.15) is 0 Å². The van der Waals surface area contributed by atoms with Crippen LogP contribution in [0.3, 0.4) is 0 Å². The standard InChI is InChI=1S/C22H16N2O/c1-2-7-15(8-3-1)19-13-20-21(18-11-5-4-10-17(18)19)24-22(25-20)16-9-6-12-23-14-16/h1-12,14,19H,13H2. The number of fused-ring (bicyclic) bond motifs is 3. The van der Waals surface area contributed by atoms with Crippen LogP contribution in [0, 0.1) is 0 Å². The van der Waals surface area contributed by atoms with E-state index in [2.05, 4.69) is 59.6 Å². The van der Waals surface area contributed by atoms with E-state index in [1.165, 1.54) is 11.1 Å². The van der Waals surface area contributed by atoms with Crippen LogP contribution < -0.4 is 0 Å². The van der Waals surface area contributed by atoms with E-state index in [0.717, 1.165) is 29.0 Å². The van der Waals surface area contributed by atoms with E-state index in [0.29, 0.717) is 11.8 Å². The molecule has 0 radical (unpaired) electrons. The van der Waals surface area contributed by atoms with Gasteiger partial charge in [0.15, 0.2) is 0 Å². The Morgan fingerprint density at radius 3 is 2.56 bits per heavy atom. The number of oxazole rings is 1. The summed E-state index contributed by atoms with van der Waals surface area (Å²) in [6.07, 6.45) is 4.37. The molecule has 2 heterocycles. The summed E-state index contributed by atoms with van der Waals surface area (Å²) in [4.78, 5) is 8.96. The van der Waals surface area contributed by atoms with Crippen LogP contribution >= 0.6 is 0 Å². The van der Waals surface area contributed by atoms with Gasteiger partial charge in [-0.05, 0) is 23.3 Å². The molecule has 0 bridgehead atoms. The Bertz CT molecular complexity index is 1020. The zero-order valence-electron chi connectivity index (χ0n) is 13.6. The average molecular weight is 324 g/mol. The highest BCUT2D eigenvalue weighted by Crippen LogP contribution is 2.43. The summed E-state index contributed by atoms with van der Waals surface area (Å²) < 4.78 is 6.15. The molecule has 120 valence electrons. The van der Waals surface area contributed by atoms with Gasteiger partial charge >= 0.3 is 0 Å². The van der Waals surface area contributed by atoms with Crippen molar-refractivity contribution in [3.63, 3.8) is 0 Å². The summed E-state index contributed by atoms with van der Waals surface area (Å²) >= 11 is 0. The molecule has 1 unspecified atom stereocenters.